The number of hydrogen-bond acceptors (Lipinski definition) is 5. The van der Waals surface area contributed by atoms with Gasteiger partial charge in [-0.05, 0) is 6.92 Å². The van der Waals surface area contributed by atoms with Crippen LogP contribution in [0, 0.1) is 0 Å². The topological polar surface area (TPSA) is 156 Å². The molecule has 16 heavy (non-hydrogen) atoms. The smallest absolute Gasteiger partial charge is 0.328 e. The van der Waals surface area contributed by atoms with Crippen LogP contribution in [-0.4, -0.2) is 46.2 Å². The van der Waals surface area contributed by atoms with Gasteiger partial charge in [0.05, 0.1) is 18.6 Å². The molecule has 0 aromatic carbocycles. The number of aliphatic hydroxyl groups excluding tert-OH is 1. The number of aliphatic hydroxyl groups is 1. The van der Waals surface area contributed by atoms with Gasteiger partial charge < -0.3 is 27.0 Å². The lowest BCUT2D eigenvalue weighted by Gasteiger charge is -2.19. The van der Waals surface area contributed by atoms with Gasteiger partial charge in [-0.2, -0.15) is 0 Å². The number of aliphatic carboxylic acids is 1. The Balaban J connectivity index is 4.40. The maximum atomic E-state index is 11.3. The average Bonchev–Trinajstić information content (AvgIpc) is 2.11. The molecule has 0 aromatic heterocycles. The van der Waals surface area contributed by atoms with Crippen LogP contribution in [0.4, 0.5) is 0 Å². The number of hydrogen-bond donors (Lipinski definition) is 5. The average molecular weight is 233 g/mol. The molecule has 8 nitrogen and oxygen atoms in total. The molecule has 0 fully saturated rings. The second-order valence-corrected chi connectivity index (χ2v) is 3.34. The first-order valence-corrected chi connectivity index (χ1v) is 4.50. The van der Waals surface area contributed by atoms with Gasteiger partial charge in [-0.15, -0.1) is 0 Å². The summed E-state index contributed by atoms with van der Waals surface area (Å²) in [6.45, 7) is 1.21. The van der Waals surface area contributed by atoms with E-state index in [-0.39, 0.29) is 0 Å². The molecule has 0 saturated carbocycles. The summed E-state index contributed by atoms with van der Waals surface area (Å²) in [6.07, 6.45) is -1.67. The second-order valence-electron chi connectivity index (χ2n) is 3.34. The first-order valence-electron chi connectivity index (χ1n) is 4.50. The van der Waals surface area contributed by atoms with E-state index in [1.165, 1.54) is 6.92 Å². The number of amides is 2. The van der Waals surface area contributed by atoms with Crippen LogP contribution in [-0.2, 0) is 14.4 Å². The van der Waals surface area contributed by atoms with Crippen LogP contribution in [0.15, 0.2) is 0 Å². The van der Waals surface area contributed by atoms with Crippen molar-refractivity contribution in [1.82, 2.24) is 5.32 Å². The highest BCUT2D eigenvalue weighted by atomic mass is 16.4. The van der Waals surface area contributed by atoms with Crippen molar-refractivity contribution in [3.63, 3.8) is 0 Å². The summed E-state index contributed by atoms with van der Waals surface area (Å²) in [6, 6.07) is -2.69. The molecule has 92 valence electrons. The SMILES string of the molecule is C[C@@H](O)[C@H](NC(=O)[C@H](N)CC(N)=O)C(=O)O. The van der Waals surface area contributed by atoms with E-state index in [0.717, 1.165) is 0 Å². The molecule has 0 unspecified atom stereocenters. The van der Waals surface area contributed by atoms with Crippen LogP contribution in [0.1, 0.15) is 13.3 Å². The Morgan fingerprint density at radius 3 is 2.19 bits per heavy atom. The molecule has 0 bridgehead atoms. The third-order valence-corrected chi connectivity index (χ3v) is 1.80. The van der Waals surface area contributed by atoms with Crippen molar-refractivity contribution >= 4 is 17.8 Å². The van der Waals surface area contributed by atoms with Gasteiger partial charge >= 0.3 is 5.97 Å². The molecular weight excluding hydrogens is 218 g/mol. The maximum absolute atomic E-state index is 11.3. The highest BCUT2D eigenvalue weighted by molar-refractivity contribution is 5.90. The zero-order chi connectivity index (χ0) is 12.9. The van der Waals surface area contributed by atoms with Crippen molar-refractivity contribution in [2.75, 3.05) is 0 Å². The monoisotopic (exact) mass is 233 g/mol. The van der Waals surface area contributed by atoms with E-state index in [4.69, 9.17) is 21.7 Å². The predicted octanol–water partition coefficient (Wildman–Crippen LogP) is -2.86. The Hall–Kier alpha value is -1.67. The minimum absolute atomic E-state index is 0.391. The molecule has 0 aliphatic carbocycles. The zero-order valence-corrected chi connectivity index (χ0v) is 8.71. The fourth-order valence-electron chi connectivity index (χ4n) is 0.958. The summed E-state index contributed by atoms with van der Waals surface area (Å²) in [7, 11) is 0. The number of nitrogens with two attached hydrogens (primary N) is 2. The molecule has 0 aliphatic rings. The lowest BCUT2D eigenvalue weighted by atomic mass is 10.1. The maximum Gasteiger partial charge on any atom is 0.328 e. The summed E-state index contributed by atoms with van der Waals surface area (Å²) < 4.78 is 0. The largest absolute Gasteiger partial charge is 0.480 e. The highest BCUT2D eigenvalue weighted by Crippen LogP contribution is 1.95. The molecule has 0 aliphatic heterocycles. The summed E-state index contributed by atoms with van der Waals surface area (Å²) in [4.78, 5) is 32.4. The molecule has 7 N–H and O–H groups in total. The van der Waals surface area contributed by atoms with E-state index in [2.05, 4.69) is 0 Å². The lowest BCUT2D eigenvalue weighted by molar-refractivity contribution is -0.145. The third kappa shape index (κ3) is 4.71. The molecule has 0 aromatic rings. The number of rotatable bonds is 6. The number of carboxylic acid groups (broad SMARTS) is 1. The van der Waals surface area contributed by atoms with Crippen LogP contribution in [0.25, 0.3) is 0 Å². The van der Waals surface area contributed by atoms with Crippen LogP contribution < -0.4 is 16.8 Å². The molecule has 0 saturated heterocycles. The number of primary amides is 1. The molecule has 0 spiro atoms. The van der Waals surface area contributed by atoms with E-state index in [1.54, 1.807) is 0 Å². The summed E-state index contributed by atoms with van der Waals surface area (Å²) in [5, 5.41) is 19.7. The van der Waals surface area contributed by atoms with Crippen molar-refractivity contribution in [1.29, 1.82) is 0 Å². The van der Waals surface area contributed by atoms with E-state index >= 15 is 0 Å². The molecule has 0 heterocycles. The fraction of sp³-hybridized carbons (Fsp3) is 0.625. The fourth-order valence-corrected chi connectivity index (χ4v) is 0.958. The molecule has 0 radical (unpaired) electrons. The van der Waals surface area contributed by atoms with Gasteiger partial charge in [0.15, 0.2) is 6.04 Å². The van der Waals surface area contributed by atoms with Gasteiger partial charge in [0, 0.05) is 0 Å². The highest BCUT2D eigenvalue weighted by Gasteiger charge is 2.27. The van der Waals surface area contributed by atoms with Gasteiger partial charge in [-0.25, -0.2) is 4.79 Å². The van der Waals surface area contributed by atoms with Gasteiger partial charge in [0.1, 0.15) is 0 Å². The minimum Gasteiger partial charge on any atom is -0.480 e. The summed E-state index contributed by atoms with van der Waals surface area (Å²) >= 11 is 0. The van der Waals surface area contributed by atoms with Gasteiger partial charge in [-0.3, -0.25) is 9.59 Å². The van der Waals surface area contributed by atoms with Crippen LogP contribution in [0.5, 0.6) is 0 Å². The van der Waals surface area contributed by atoms with Crippen molar-refractivity contribution in [3.05, 3.63) is 0 Å². The third-order valence-electron chi connectivity index (χ3n) is 1.80. The van der Waals surface area contributed by atoms with E-state index < -0.39 is 42.4 Å². The van der Waals surface area contributed by atoms with Crippen LogP contribution in [0.2, 0.25) is 0 Å². The predicted molar refractivity (Wildman–Crippen MR) is 53.0 cm³/mol. The zero-order valence-electron chi connectivity index (χ0n) is 8.71. The first-order chi connectivity index (χ1) is 7.25. The van der Waals surface area contributed by atoms with Crippen molar-refractivity contribution in [2.24, 2.45) is 11.5 Å². The van der Waals surface area contributed by atoms with E-state index in [9.17, 15) is 14.4 Å². The van der Waals surface area contributed by atoms with Gasteiger partial charge in [-0.1, -0.05) is 0 Å². The first kappa shape index (κ1) is 14.3. The second kappa shape index (κ2) is 6.03. The summed E-state index contributed by atoms with van der Waals surface area (Å²) in [5.41, 5.74) is 10.1. The molecule has 3 atom stereocenters. The Morgan fingerprint density at radius 2 is 1.88 bits per heavy atom. The number of nitrogens with one attached hydrogen (secondary N) is 1. The van der Waals surface area contributed by atoms with Gasteiger partial charge in [0.2, 0.25) is 11.8 Å². The Morgan fingerprint density at radius 1 is 1.38 bits per heavy atom. The van der Waals surface area contributed by atoms with E-state index in [0.29, 0.717) is 0 Å². The van der Waals surface area contributed by atoms with Crippen molar-refractivity contribution < 1.29 is 24.6 Å². The number of carbonyl (C=O) groups excluding carboxylic acids is 2. The molecule has 8 heteroatoms. The standard InChI is InChI=1S/C8H15N3O5/c1-3(12)6(8(15)16)11-7(14)4(9)2-5(10)13/h3-4,6,12H,2,9H2,1H3,(H2,10,13)(H,11,14)(H,15,16)/t3-,4-,6+/m1/s1. The molecule has 0 rings (SSSR count). The summed E-state index contributed by atoms with van der Waals surface area (Å²) in [5.74, 6) is -3.02. The Labute approximate surface area is 91.6 Å². The molecule has 2 amide bonds. The Bertz CT molecular complexity index is 291. The van der Waals surface area contributed by atoms with Crippen molar-refractivity contribution in [3.8, 4) is 0 Å². The van der Waals surface area contributed by atoms with E-state index in [1.807, 2.05) is 5.32 Å². The molecular formula is C8H15N3O5. The van der Waals surface area contributed by atoms with Gasteiger partial charge in [0.25, 0.3) is 0 Å². The van der Waals surface area contributed by atoms with Crippen LogP contribution >= 0.6 is 0 Å². The van der Waals surface area contributed by atoms with Crippen molar-refractivity contribution in [2.45, 2.75) is 31.5 Å². The van der Waals surface area contributed by atoms with Crippen LogP contribution in [0.3, 0.4) is 0 Å². The number of carbonyl (C=O) groups is 3. The lowest BCUT2D eigenvalue weighted by Crippen LogP contribution is -2.53. The number of carboxylic acids is 1. The minimum atomic E-state index is -1.47. The normalized spacial score (nSPS) is 15.9. The Kier molecular flexibility index (Phi) is 5.40. The quantitative estimate of drug-likeness (QED) is 0.332.